The number of carbonyl (C=O) groups excluding carboxylic acids is 1. The van der Waals surface area contributed by atoms with E-state index in [9.17, 15) is 4.79 Å². The Kier molecular flexibility index (Phi) is 3.71. The summed E-state index contributed by atoms with van der Waals surface area (Å²) >= 11 is 0. The van der Waals surface area contributed by atoms with Crippen LogP contribution in [0.4, 0.5) is 0 Å². The minimum atomic E-state index is 0.0532. The Bertz CT molecular complexity index is 378. The summed E-state index contributed by atoms with van der Waals surface area (Å²) in [6, 6.07) is 2.05. The number of amides is 1. The van der Waals surface area contributed by atoms with Gasteiger partial charge in [-0.2, -0.15) is 0 Å². The predicted molar refractivity (Wildman–Crippen MR) is 65.2 cm³/mol. The SMILES string of the molecule is CC(C)C(=O)N1CCCCC1c1ccncn1. The van der Waals surface area contributed by atoms with Crippen LogP contribution in [-0.4, -0.2) is 27.3 Å². The minimum absolute atomic E-state index is 0.0532. The first kappa shape index (κ1) is 12.0. The van der Waals surface area contributed by atoms with E-state index in [1.54, 1.807) is 12.5 Å². The summed E-state index contributed by atoms with van der Waals surface area (Å²) in [6.07, 6.45) is 6.57. The van der Waals surface area contributed by atoms with E-state index in [1.807, 2.05) is 24.8 Å². The molecular weight excluding hydrogens is 214 g/mol. The number of rotatable bonds is 2. The summed E-state index contributed by atoms with van der Waals surface area (Å²) < 4.78 is 0. The van der Waals surface area contributed by atoms with Crippen LogP contribution in [0.5, 0.6) is 0 Å². The number of piperidine rings is 1. The van der Waals surface area contributed by atoms with Crippen molar-refractivity contribution >= 4 is 5.91 Å². The van der Waals surface area contributed by atoms with Crippen LogP contribution in [0.1, 0.15) is 44.8 Å². The van der Waals surface area contributed by atoms with Gasteiger partial charge in [0.1, 0.15) is 6.33 Å². The second kappa shape index (κ2) is 5.25. The van der Waals surface area contributed by atoms with Crippen molar-refractivity contribution in [3.63, 3.8) is 0 Å². The average molecular weight is 233 g/mol. The van der Waals surface area contributed by atoms with Crippen molar-refractivity contribution in [2.45, 2.75) is 39.2 Å². The van der Waals surface area contributed by atoms with Gasteiger partial charge < -0.3 is 4.90 Å². The molecule has 0 aromatic carbocycles. The molecular formula is C13H19N3O. The molecule has 1 aromatic heterocycles. The third-order valence-electron chi connectivity index (χ3n) is 3.23. The molecule has 1 aliphatic rings. The van der Waals surface area contributed by atoms with Crippen molar-refractivity contribution in [1.29, 1.82) is 0 Å². The van der Waals surface area contributed by atoms with Gasteiger partial charge in [-0.25, -0.2) is 9.97 Å². The first-order valence-corrected chi connectivity index (χ1v) is 6.26. The van der Waals surface area contributed by atoms with Crippen molar-refractivity contribution in [3.8, 4) is 0 Å². The molecule has 4 nitrogen and oxygen atoms in total. The van der Waals surface area contributed by atoms with Gasteiger partial charge in [-0.3, -0.25) is 4.79 Å². The van der Waals surface area contributed by atoms with Crippen LogP contribution < -0.4 is 0 Å². The quantitative estimate of drug-likeness (QED) is 0.786. The third kappa shape index (κ3) is 2.62. The normalized spacial score (nSPS) is 20.6. The van der Waals surface area contributed by atoms with Gasteiger partial charge in [-0.1, -0.05) is 13.8 Å². The standard InChI is InChI=1S/C13H19N3O/c1-10(2)13(17)16-8-4-3-5-12(16)11-6-7-14-9-15-11/h6-7,9-10,12H,3-5,8H2,1-2H3. The van der Waals surface area contributed by atoms with E-state index < -0.39 is 0 Å². The second-order valence-electron chi connectivity index (χ2n) is 4.83. The Balaban J connectivity index is 2.21. The number of hydrogen-bond donors (Lipinski definition) is 0. The molecule has 1 aromatic rings. The van der Waals surface area contributed by atoms with E-state index in [0.717, 1.165) is 31.5 Å². The van der Waals surface area contributed by atoms with E-state index in [1.165, 1.54) is 0 Å². The van der Waals surface area contributed by atoms with Crippen LogP contribution in [0.3, 0.4) is 0 Å². The van der Waals surface area contributed by atoms with Gasteiger partial charge in [0, 0.05) is 18.7 Å². The predicted octanol–water partition coefficient (Wildman–Crippen LogP) is 2.19. The van der Waals surface area contributed by atoms with Gasteiger partial charge in [-0.15, -0.1) is 0 Å². The summed E-state index contributed by atoms with van der Waals surface area (Å²) in [4.78, 5) is 22.4. The van der Waals surface area contributed by atoms with E-state index in [4.69, 9.17) is 0 Å². The van der Waals surface area contributed by atoms with Crippen LogP contribution in [0.15, 0.2) is 18.6 Å². The van der Waals surface area contributed by atoms with Crippen LogP contribution in [0, 0.1) is 5.92 Å². The number of nitrogens with zero attached hydrogens (tertiary/aromatic N) is 3. The Morgan fingerprint density at radius 3 is 2.94 bits per heavy atom. The van der Waals surface area contributed by atoms with Crippen molar-refractivity contribution < 1.29 is 4.79 Å². The maximum atomic E-state index is 12.2. The maximum Gasteiger partial charge on any atom is 0.225 e. The smallest absolute Gasteiger partial charge is 0.225 e. The fourth-order valence-electron chi connectivity index (χ4n) is 2.33. The fraction of sp³-hybridized carbons (Fsp3) is 0.615. The molecule has 1 unspecified atom stereocenters. The molecule has 92 valence electrons. The summed E-state index contributed by atoms with van der Waals surface area (Å²) in [5.74, 6) is 0.283. The first-order chi connectivity index (χ1) is 8.20. The highest BCUT2D eigenvalue weighted by molar-refractivity contribution is 5.78. The molecule has 0 N–H and O–H groups in total. The number of aromatic nitrogens is 2. The zero-order chi connectivity index (χ0) is 12.3. The Morgan fingerprint density at radius 2 is 2.29 bits per heavy atom. The highest BCUT2D eigenvalue weighted by Gasteiger charge is 2.29. The maximum absolute atomic E-state index is 12.2. The molecule has 0 aliphatic carbocycles. The molecule has 2 rings (SSSR count). The highest BCUT2D eigenvalue weighted by Crippen LogP contribution is 2.30. The summed E-state index contributed by atoms with van der Waals surface area (Å²) in [5.41, 5.74) is 0.966. The monoisotopic (exact) mass is 233 g/mol. The molecule has 2 heterocycles. The molecule has 1 amide bonds. The van der Waals surface area contributed by atoms with Gasteiger partial charge in [0.05, 0.1) is 11.7 Å². The van der Waals surface area contributed by atoms with Crippen LogP contribution in [0.2, 0.25) is 0 Å². The lowest BCUT2D eigenvalue weighted by Crippen LogP contribution is -2.41. The van der Waals surface area contributed by atoms with Crippen molar-refractivity contribution in [2.75, 3.05) is 6.54 Å². The van der Waals surface area contributed by atoms with Crippen LogP contribution in [-0.2, 0) is 4.79 Å². The number of likely N-dealkylation sites (tertiary alicyclic amines) is 1. The average Bonchev–Trinajstić information content (AvgIpc) is 2.39. The van der Waals surface area contributed by atoms with Gasteiger partial charge in [-0.05, 0) is 25.3 Å². The molecule has 0 spiro atoms. The van der Waals surface area contributed by atoms with Gasteiger partial charge in [0.25, 0.3) is 0 Å². The third-order valence-corrected chi connectivity index (χ3v) is 3.23. The lowest BCUT2D eigenvalue weighted by atomic mass is 9.97. The summed E-state index contributed by atoms with van der Waals surface area (Å²) in [7, 11) is 0. The topological polar surface area (TPSA) is 46.1 Å². The minimum Gasteiger partial charge on any atom is -0.334 e. The largest absolute Gasteiger partial charge is 0.334 e. The molecule has 1 saturated heterocycles. The molecule has 17 heavy (non-hydrogen) atoms. The Hall–Kier alpha value is -1.45. The molecule has 0 saturated carbocycles. The summed E-state index contributed by atoms with van der Waals surface area (Å²) in [5, 5.41) is 0. The van der Waals surface area contributed by atoms with E-state index in [-0.39, 0.29) is 17.9 Å². The van der Waals surface area contributed by atoms with Crippen molar-refractivity contribution in [2.24, 2.45) is 5.92 Å². The molecule has 1 fully saturated rings. The lowest BCUT2D eigenvalue weighted by molar-refractivity contribution is -0.138. The van der Waals surface area contributed by atoms with E-state index in [2.05, 4.69) is 9.97 Å². The Labute approximate surface area is 102 Å². The fourth-order valence-corrected chi connectivity index (χ4v) is 2.33. The first-order valence-electron chi connectivity index (χ1n) is 6.26. The van der Waals surface area contributed by atoms with Gasteiger partial charge in [0.15, 0.2) is 0 Å². The van der Waals surface area contributed by atoms with Gasteiger partial charge >= 0.3 is 0 Å². The molecule has 4 heteroatoms. The zero-order valence-electron chi connectivity index (χ0n) is 10.5. The van der Waals surface area contributed by atoms with Crippen molar-refractivity contribution in [1.82, 2.24) is 14.9 Å². The van der Waals surface area contributed by atoms with Crippen LogP contribution in [0.25, 0.3) is 0 Å². The molecule has 1 aliphatic heterocycles. The second-order valence-corrected chi connectivity index (χ2v) is 4.83. The van der Waals surface area contributed by atoms with Gasteiger partial charge in [0.2, 0.25) is 5.91 Å². The van der Waals surface area contributed by atoms with Crippen LogP contribution >= 0.6 is 0 Å². The highest BCUT2D eigenvalue weighted by atomic mass is 16.2. The number of carbonyl (C=O) groups is 1. The summed E-state index contributed by atoms with van der Waals surface area (Å²) in [6.45, 7) is 4.76. The molecule has 1 atom stereocenters. The van der Waals surface area contributed by atoms with E-state index in [0.29, 0.717) is 0 Å². The lowest BCUT2D eigenvalue weighted by Gasteiger charge is -2.36. The molecule has 0 radical (unpaired) electrons. The zero-order valence-corrected chi connectivity index (χ0v) is 10.5. The number of hydrogen-bond acceptors (Lipinski definition) is 3. The molecule has 0 bridgehead atoms. The van der Waals surface area contributed by atoms with Crippen molar-refractivity contribution in [3.05, 3.63) is 24.3 Å². The Morgan fingerprint density at radius 1 is 1.47 bits per heavy atom. The van der Waals surface area contributed by atoms with E-state index >= 15 is 0 Å².